The summed E-state index contributed by atoms with van der Waals surface area (Å²) >= 11 is 0. The summed E-state index contributed by atoms with van der Waals surface area (Å²) < 4.78 is 15.0. The van der Waals surface area contributed by atoms with Crippen molar-refractivity contribution in [2.45, 2.75) is 19.9 Å². The number of rotatable bonds is 5. The lowest BCUT2D eigenvalue weighted by Crippen LogP contribution is -2.16. The van der Waals surface area contributed by atoms with Gasteiger partial charge in [-0.05, 0) is 36.7 Å². The van der Waals surface area contributed by atoms with Crippen LogP contribution in [0.15, 0.2) is 30.6 Å². The summed E-state index contributed by atoms with van der Waals surface area (Å²) in [5, 5.41) is 12.2. The largest absolute Gasteiger partial charge is 0.313 e. The van der Waals surface area contributed by atoms with Crippen molar-refractivity contribution in [3.05, 3.63) is 47.8 Å². The number of nitriles is 1. The highest BCUT2D eigenvalue weighted by molar-refractivity contribution is 5.44. The molecule has 0 atom stereocenters. The minimum atomic E-state index is -0.282. The number of benzene rings is 1. The number of aromatic nitrogens is 2. The Labute approximate surface area is 111 Å². The molecule has 0 spiro atoms. The molecule has 0 aliphatic carbocycles. The van der Waals surface area contributed by atoms with Gasteiger partial charge in [0.2, 0.25) is 5.82 Å². The first-order valence-corrected chi connectivity index (χ1v) is 6.19. The number of nitrogens with zero attached hydrogens (tertiary/aromatic N) is 3. The van der Waals surface area contributed by atoms with Gasteiger partial charge in [0.25, 0.3) is 0 Å². The number of hydrogen-bond acceptors (Lipinski definition) is 3. The molecule has 0 bridgehead atoms. The smallest absolute Gasteiger partial charge is 0.217 e. The fraction of sp³-hybridized carbons (Fsp3) is 0.286. The highest BCUT2D eigenvalue weighted by Gasteiger charge is 2.09. The molecule has 0 radical (unpaired) electrons. The Morgan fingerprint density at radius 2 is 2.32 bits per heavy atom. The predicted molar refractivity (Wildman–Crippen MR) is 70.2 cm³/mol. The molecule has 0 saturated carbocycles. The molecule has 0 fully saturated rings. The molecule has 0 aliphatic heterocycles. The van der Waals surface area contributed by atoms with Gasteiger partial charge >= 0.3 is 0 Å². The Hall–Kier alpha value is -2.19. The third kappa shape index (κ3) is 2.98. The van der Waals surface area contributed by atoms with Crippen LogP contribution in [0.2, 0.25) is 0 Å². The standard InChI is InChI=1S/C14H15FN4/c1-2-5-17-10-11-8-12(15)3-4-13(11)19-7-6-18-14(19)9-16/h3-4,6-8,17H,2,5,10H2,1H3. The number of nitrogens with one attached hydrogen (secondary N) is 1. The van der Waals surface area contributed by atoms with E-state index < -0.39 is 0 Å². The summed E-state index contributed by atoms with van der Waals surface area (Å²) in [5.74, 6) is 0.0130. The molecule has 0 amide bonds. The van der Waals surface area contributed by atoms with Gasteiger partial charge in [-0.25, -0.2) is 9.37 Å². The van der Waals surface area contributed by atoms with Gasteiger partial charge in [-0.15, -0.1) is 0 Å². The van der Waals surface area contributed by atoms with Crippen molar-refractivity contribution < 1.29 is 4.39 Å². The van der Waals surface area contributed by atoms with Crippen LogP contribution in [-0.2, 0) is 6.54 Å². The van der Waals surface area contributed by atoms with Crippen molar-refractivity contribution in [3.8, 4) is 11.8 Å². The van der Waals surface area contributed by atoms with Crippen LogP contribution < -0.4 is 5.32 Å². The molecule has 0 saturated heterocycles. The van der Waals surface area contributed by atoms with E-state index in [2.05, 4.69) is 17.2 Å². The molecule has 1 heterocycles. The van der Waals surface area contributed by atoms with Gasteiger partial charge in [0.15, 0.2) is 0 Å². The number of hydrogen-bond donors (Lipinski definition) is 1. The van der Waals surface area contributed by atoms with E-state index in [1.54, 1.807) is 23.0 Å². The second-order valence-electron chi connectivity index (χ2n) is 4.18. The molecule has 0 unspecified atom stereocenters. The van der Waals surface area contributed by atoms with Gasteiger partial charge in [0.05, 0.1) is 5.69 Å². The van der Waals surface area contributed by atoms with Crippen molar-refractivity contribution in [1.29, 1.82) is 5.26 Å². The van der Waals surface area contributed by atoms with Crippen LogP contribution >= 0.6 is 0 Å². The van der Waals surface area contributed by atoms with Crippen LogP contribution in [0.5, 0.6) is 0 Å². The Kier molecular flexibility index (Phi) is 4.26. The van der Waals surface area contributed by atoms with Crippen molar-refractivity contribution in [1.82, 2.24) is 14.9 Å². The molecule has 19 heavy (non-hydrogen) atoms. The zero-order valence-corrected chi connectivity index (χ0v) is 10.7. The van der Waals surface area contributed by atoms with E-state index in [0.29, 0.717) is 12.4 Å². The highest BCUT2D eigenvalue weighted by Crippen LogP contribution is 2.17. The summed E-state index contributed by atoms with van der Waals surface area (Å²) in [4.78, 5) is 3.96. The van der Waals surface area contributed by atoms with E-state index in [1.165, 1.54) is 12.1 Å². The zero-order valence-electron chi connectivity index (χ0n) is 10.7. The number of halogens is 1. The van der Waals surface area contributed by atoms with Gasteiger partial charge in [-0.1, -0.05) is 6.92 Å². The quantitative estimate of drug-likeness (QED) is 0.838. The van der Waals surface area contributed by atoms with E-state index in [-0.39, 0.29) is 5.82 Å². The van der Waals surface area contributed by atoms with Gasteiger partial charge in [0, 0.05) is 18.9 Å². The average molecular weight is 258 g/mol. The van der Waals surface area contributed by atoms with Crippen molar-refractivity contribution in [3.63, 3.8) is 0 Å². The molecule has 2 aromatic rings. The molecule has 98 valence electrons. The molecular formula is C14H15FN4. The third-order valence-electron chi connectivity index (χ3n) is 2.78. The maximum absolute atomic E-state index is 13.4. The molecule has 1 N–H and O–H groups in total. The van der Waals surface area contributed by atoms with E-state index in [9.17, 15) is 4.39 Å². The normalized spacial score (nSPS) is 10.4. The first kappa shape index (κ1) is 13.2. The molecule has 5 heteroatoms. The number of imidazole rings is 1. The van der Waals surface area contributed by atoms with E-state index in [0.717, 1.165) is 24.2 Å². The maximum atomic E-state index is 13.4. The fourth-order valence-corrected chi connectivity index (χ4v) is 1.91. The first-order valence-electron chi connectivity index (χ1n) is 6.19. The SMILES string of the molecule is CCCNCc1cc(F)ccc1-n1ccnc1C#N. The lowest BCUT2D eigenvalue weighted by atomic mass is 10.1. The topological polar surface area (TPSA) is 53.6 Å². The van der Waals surface area contributed by atoms with Crippen LogP contribution in [0.1, 0.15) is 24.7 Å². The van der Waals surface area contributed by atoms with Gasteiger partial charge < -0.3 is 5.32 Å². The van der Waals surface area contributed by atoms with Crippen molar-refractivity contribution in [2.24, 2.45) is 0 Å². The van der Waals surface area contributed by atoms with Crippen LogP contribution in [0, 0.1) is 17.1 Å². The van der Waals surface area contributed by atoms with Crippen LogP contribution in [0.25, 0.3) is 5.69 Å². The second-order valence-corrected chi connectivity index (χ2v) is 4.18. The van der Waals surface area contributed by atoms with E-state index in [1.807, 2.05) is 6.07 Å². The van der Waals surface area contributed by atoms with Crippen LogP contribution in [0.3, 0.4) is 0 Å². The fourth-order valence-electron chi connectivity index (χ4n) is 1.91. The van der Waals surface area contributed by atoms with Crippen LogP contribution in [0.4, 0.5) is 4.39 Å². The summed E-state index contributed by atoms with van der Waals surface area (Å²) in [6.07, 6.45) is 4.28. The van der Waals surface area contributed by atoms with Gasteiger partial charge in [-0.2, -0.15) is 5.26 Å². The first-order chi connectivity index (χ1) is 9.26. The van der Waals surface area contributed by atoms with Gasteiger partial charge in [-0.3, -0.25) is 4.57 Å². The third-order valence-corrected chi connectivity index (χ3v) is 2.78. The zero-order chi connectivity index (χ0) is 13.7. The Morgan fingerprint density at radius 1 is 1.47 bits per heavy atom. The van der Waals surface area contributed by atoms with Crippen molar-refractivity contribution in [2.75, 3.05) is 6.54 Å². The summed E-state index contributed by atoms with van der Waals surface area (Å²) in [6, 6.07) is 6.56. The summed E-state index contributed by atoms with van der Waals surface area (Å²) in [5.41, 5.74) is 1.59. The predicted octanol–water partition coefficient (Wildman–Crippen LogP) is 2.38. The van der Waals surface area contributed by atoms with E-state index in [4.69, 9.17) is 5.26 Å². The van der Waals surface area contributed by atoms with E-state index >= 15 is 0 Å². The van der Waals surface area contributed by atoms with Crippen LogP contribution in [-0.4, -0.2) is 16.1 Å². The Morgan fingerprint density at radius 3 is 3.05 bits per heavy atom. The van der Waals surface area contributed by atoms with Gasteiger partial charge in [0.1, 0.15) is 11.9 Å². The minimum absolute atomic E-state index is 0.282. The average Bonchev–Trinajstić information content (AvgIpc) is 2.87. The lowest BCUT2D eigenvalue weighted by Gasteiger charge is -2.12. The maximum Gasteiger partial charge on any atom is 0.217 e. The summed E-state index contributed by atoms with van der Waals surface area (Å²) in [6.45, 7) is 3.50. The molecular weight excluding hydrogens is 243 g/mol. The van der Waals surface area contributed by atoms with Crippen molar-refractivity contribution >= 4 is 0 Å². The minimum Gasteiger partial charge on any atom is -0.313 e. The molecule has 1 aromatic carbocycles. The molecule has 0 aliphatic rings. The molecule has 2 rings (SSSR count). The lowest BCUT2D eigenvalue weighted by molar-refractivity contribution is 0.617. The Balaban J connectivity index is 2.37. The second kappa shape index (κ2) is 6.12. The molecule has 1 aromatic heterocycles. The molecule has 4 nitrogen and oxygen atoms in total. The highest BCUT2D eigenvalue weighted by atomic mass is 19.1. The summed E-state index contributed by atoms with van der Waals surface area (Å²) in [7, 11) is 0. The Bertz CT molecular complexity index is 598. The monoisotopic (exact) mass is 258 g/mol.